The molecule has 7 heteroatoms. The second-order valence-corrected chi connectivity index (χ2v) is 4.24. The molecule has 0 bridgehead atoms. The van der Waals surface area contributed by atoms with Crippen molar-refractivity contribution < 1.29 is 23.8 Å². The monoisotopic (exact) mass is 292 g/mol. The minimum atomic E-state index is -1.38. The van der Waals surface area contributed by atoms with Gasteiger partial charge in [0.2, 0.25) is 5.79 Å². The maximum absolute atomic E-state index is 12.1. The van der Waals surface area contributed by atoms with E-state index in [0.29, 0.717) is 11.1 Å². The van der Waals surface area contributed by atoms with Crippen molar-refractivity contribution in [2.24, 2.45) is 0 Å². The zero-order chi connectivity index (χ0) is 15.5. The largest absolute Gasteiger partial charge is 0.445 e. The van der Waals surface area contributed by atoms with E-state index in [2.05, 4.69) is 16.9 Å². The summed E-state index contributed by atoms with van der Waals surface area (Å²) in [6.45, 7) is 3.50. The highest BCUT2D eigenvalue weighted by Crippen LogP contribution is 2.38. The Morgan fingerprint density at radius 2 is 2.14 bits per heavy atom. The molecule has 0 unspecified atom stereocenters. The molecule has 21 heavy (non-hydrogen) atoms. The summed E-state index contributed by atoms with van der Waals surface area (Å²) in [5.74, 6) is -1.65. The van der Waals surface area contributed by atoms with Gasteiger partial charge in [0, 0.05) is 43.8 Å². The third-order valence-corrected chi connectivity index (χ3v) is 3.14. The first kappa shape index (κ1) is 15.0. The molecule has 0 fully saturated rings. The maximum atomic E-state index is 12.1. The van der Waals surface area contributed by atoms with Crippen LogP contribution < -0.4 is 5.32 Å². The van der Waals surface area contributed by atoms with Crippen molar-refractivity contribution in [3.8, 4) is 0 Å². The van der Waals surface area contributed by atoms with E-state index in [-0.39, 0.29) is 18.1 Å². The number of hydrogen-bond donors (Lipinski definition) is 2. The Morgan fingerprint density at radius 3 is 2.76 bits per heavy atom. The lowest BCUT2D eigenvalue weighted by Crippen LogP contribution is -2.44. The van der Waals surface area contributed by atoms with E-state index in [1.165, 1.54) is 26.4 Å². The van der Waals surface area contributed by atoms with Crippen molar-refractivity contribution >= 4 is 11.9 Å². The third kappa shape index (κ3) is 2.48. The number of allylic oxidation sites excluding steroid dienone is 1. The molecule has 7 nitrogen and oxygen atoms in total. The number of hydrogen-bond acceptors (Lipinski definition) is 5. The number of carbonyl (C=O) groups is 2. The van der Waals surface area contributed by atoms with E-state index in [9.17, 15) is 9.59 Å². The maximum Gasteiger partial charge on any atom is 0.411 e. The summed E-state index contributed by atoms with van der Waals surface area (Å²) in [4.78, 5) is 26.6. The van der Waals surface area contributed by atoms with Gasteiger partial charge < -0.3 is 19.2 Å². The molecule has 112 valence electrons. The van der Waals surface area contributed by atoms with Gasteiger partial charge in [0.1, 0.15) is 6.61 Å². The quantitative estimate of drug-likeness (QED) is 0.633. The van der Waals surface area contributed by atoms with E-state index in [1.54, 1.807) is 12.4 Å². The number of methoxy groups -OCH3 is 2. The molecule has 1 aliphatic carbocycles. The van der Waals surface area contributed by atoms with Gasteiger partial charge >= 0.3 is 6.09 Å². The van der Waals surface area contributed by atoms with E-state index in [0.717, 1.165) is 0 Å². The van der Waals surface area contributed by atoms with Crippen molar-refractivity contribution in [1.82, 2.24) is 10.3 Å². The Morgan fingerprint density at radius 1 is 1.43 bits per heavy atom. The summed E-state index contributed by atoms with van der Waals surface area (Å²) >= 11 is 0. The van der Waals surface area contributed by atoms with Crippen LogP contribution in [0.15, 0.2) is 36.8 Å². The number of H-pyrrole nitrogens is 1. The van der Waals surface area contributed by atoms with Crippen molar-refractivity contribution in [2.75, 3.05) is 20.8 Å². The predicted octanol–water partition coefficient (Wildman–Crippen LogP) is 1.45. The van der Waals surface area contributed by atoms with Gasteiger partial charge in [-0.1, -0.05) is 12.7 Å². The average Bonchev–Trinajstić information content (AvgIpc) is 2.97. The van der Waals surface area contributed by atoms with Crippen LogP contribution in [-0.4, -0.2) is 37.7 Å². The minimum Gasteiger partial charge on any atom is -0.445 e. The fraction of sp³-hybridized carbons (Fsp3) is 0.286. The molecule has 1 aliphatic rings. The molecular weight excluding hydrogens is 276 g/mol. The van der Waals surface area contributed by atoms with Crippen LogP contribution in [0, 0.1) is 0 Å². The zero-order valence-corrected chi connectivity index (χ0v) is 11.8. The molecule has 2 rings (SSSR count). The highest BCUT2D eigenvalue weighted by atomic mass is 16.7. The molecule has 0 radical (unpaired) electrons. The van der Waals surface area contributed by atoms with Gasteiger partial charge in [-0.25, -0.2) is 4.79 Å². The Hall–Kier alpha value is -2.38. The first-order valence-electron chi connectivity index (χ1n) is 6.17. The van der Waals surface area contributed by atoms with Crippen molar-refractivity contribution in [1.29, 1.82) is 0 Å². The topological polar surface area (TPSA) is 89.7 Å². The summed E-state index contributed by atoms with van der Waals surface area (Å²) < 4.78 is 15.7. The number of aromatic nitrogens is 1. The fourth-order valence-electron chi connectivity index (χ4n) is 2.21. The number of fused-ring (bicyclic) bond motifs is 1. The Bertz CT molecular complexity index is 598. The van der Waals surface area contributed by atoms with Crippen LogP contribution in [0.4, 0.5) is 4.79 Å². The smallest absolute Gasteiger partial charge is 0.411 e. The standard InChI is InChI=1S/C14H16N2O5/c1-4-5-21-13(18)16-12-6-11(17)9-7-15-8-10(9)14(12,19-2)20-3/h4,6-8,15H,1,5H2,2-3H3,(H,16,18). The molecule has 0 spiro atoms. The number of aromatic amines is 1. The molecule has 0 atom stereocenters. The van der Waals surface area contributed by atoms with Gasteiger partial charge in [-0.3, -0.25) is 10.1 Å². The first-order valence-corrected chi connectivity index (χ1v) is 6.17. The Labute approximate surface area is 121 Å². The summed E-state index contributed by atoms with van der Waals surface area (Å²) in [5, 5.41) is 2.48. The molecular formula is C14H16N2O5. The highest BCUT2D eigenvalue weighted by Gasteiger charge is 2.45. The normalized spacial score (nSPS) is 15.9. The summed E-state index contributed by atoms with van der Waals surface area (Å²) in [5.41, 5.74) is 1.06. The first-order chi connectivity index (χ1) is 10.1. The lowest BCUT2D eigenvalue weighted by molar-refractivity contribution is -0.190. The van der Waals surface area contributed by atoms with Crippen molar-refractivity contribution in [3.05, 3.63) is 47.9 Å². The molecule has 1 aromatic heterocycles. The van der Waals surface area contributed by atoms with E-state index >= 15 is 0 Å². The van der Waals surface area contributed by atoms with E-state index in [1.807, 2.05) is 0 Å². The number of alkyl carbamates (subject to hydrolysis) is 1. The zero-order valence-electron chi connectivity index (χ0n) is 11.8. The Balaban J connectivity index is 2.36. The summed E-state index contributed by atoms with van der Waals surface area (Å²) in [6, 6.07) is 0. The average molecular weight is 292 g/mol. The van der Waals surface area contributed by atoms with E-state index in [4.69, 9.17) is 14.2 Å². The molecule has 1 aromatic rings. The lowest BCUT2D eigenvalue weighted by Gasteiger charge is -2.35. The molecule has 0 aliphatic heterocycles. The van der Waals surface area contributed by atoms with Crippen LogP contribution in [-0.2, 0) is 20.0 Å². The third-order valence-electron chi connectivity index (χ3n) is 3.14. The fourth-order valence-corrected chi connectivity index (χ4v) is 2.21. The molecule has 0 aromatic carbocycles. The van der Waals surface area contributed by atoms with Gasteiger partial charge in [0.15, 0.2) is 5.78 Å². The van der Waals surface area contributed by atoms with Crippen LogP contribution in [0.3, 0.4) is 0 Å². The Kier molecular flexibility index (Phi) is 4.25. The number of rotatable bonds is 5. The van der Waals surface area contributed by atoms with Gasteiger partial charge in [-0.05, 0) is 0 Å². The van der Waals surface area contributed by atoms with Gasteiger partial charge in [0.25, 0.3) is 0 Å². The van der Waals surface area contributed by atoms with Gasteiger partial charge in [-0.2, -0.15) is 0 Å². The van der Waals surface area contributed by atoms with Gasteiger partial charge in [-0.15, -0.1) is 0 Å². The minimum absolute atomic E-state index is 0.0510. The molecule has 0 saturated carbocycles. The van der Waals surface area contributed by atoms with Crippen LogP contribution in [0.2, 0.25) is 0 Å². The van der Waals surface area contributed by atoms with Crippen LogP contribution in [0.1, 0.15) is 15.9 Å². The summed E-state index contributed by atoms with van der Waals surface area (Å²) in [6.07, 6.45) is 5.09. The summed E-state index contributed by atoms with van der Waals surface area (Å²) in [7, 11) is 2.83. The van der Waals surface area contributed by atoms with Crippen molar-refractivity contribution in [2.45, 2.75) is 5.79 Å². The second kappa shape index (κ2) is 5.94. The SMILES string of the molecule is C=CCOC(=O)NC1=CC(=O)c2c[nH]cc2C1(OC)OC. The van der Waals surface area contributed by atoms with Crippen LogP contribution in [0.25, 0.3) is 0 Å². The van der Waals surface area contributed by atoms with Crippen LogP contribution >= 0.6 is 0 Å². The van der Waals surface area contributed by atoms with Crippen LogP contribution in [0.5, 0.6) is 0 Å². The highest BCUT2D eigenvalue weighted by molar-refractivity contribution is 6.08. The molecule has 2 N–H and O–H groups in total. The number of ketones is 1. The molecule has 1 heterocycles. The number of ether oxygens (including phenoxy) is 3. The number of amides is 1. The lowest BCUT2D eigenvalue weighted by atomic mass is 9.92. The predicted molar refractivity (Wildman–Crippen MR) is 73.6 cm³/mol. The number of nitrogens with one attached hydrogen (secondary N) is 2. The second-order valence-electron chi connectivity index (χ2n) is 4.24. The molecule has 0 saturated heterocycles. The number of carbonyl (C=O) groups excluding carboxylic acids is 2. The van der Waals surface area contributed by atoms with Crippen molar-refractivity contribution in [3.63, 3.8) is 0 Å². The molecule has 1 amide bonds. The van der Waals surface area contributed by atoms with E-state index < -0.39 is 11.9 Å². The van der Waals surface area contributed by atoms with Gasteiger partial charge in [0.05, 0.1) is 5.70 Å².